The van der Waals surface area contributed by atoms with E-state index in [0.717, 1.165) is 55.6 Å². The van der Waals surface area contributed by atoms with Crippen LogP contribution in [0.5, 0.6) is 0 Å². The highest BCUT2D eigenvalue weighted by Crippen LogP contribution is 2.23. The molecule has 0 aliphatic rings. The van der Waals surface area contributed by atoms with Crippen LogP contribution < -0.4 is 0 Å². The number of benzene rings is 2. The molecule has 2 nitrogen and oxygen atoms in total. The van der Waals surface area contributed by atoms with E-state index in [-0.39, 0.29) is 0 Å². The molecule has 0 amide bonds. The van der Waals surface area contributed by atoms with Crippen LogP contribution in [-0.4, -0.2) is 11.9 Å². The third-order valence-electron chi connectivity index (χ3n) is 6.77. The van der Waals surface area contributed by atoms with Gasteiger partial charge in [0.1, 0.15) is 0 Å². The molecule has 0 saturated carbocycles. The van der Waals surface area contributed by atoms with Crippen molar-refractivity contribution < 1.29 is 0 Å². The molecule has 0 unspecified atom stereocenters. The highest BCUT2D eigenvalue weighted by molar-refractivity contribution is 6.31. The minimum absolute atomic E-state index is 0.974. The molecular weight excluding hydrogens is 436 g/mol. The number of aryl methyl sites for hydroxylation is 4. The largest absolute Gasteiger partial charge is 0.255 e. The van der Waals surface area contributed by atoms with E-state index in [1.807, 2.05) is 6.21 Å². The Labute approximate surface area is 222 Å². The second kappa shape index (κ2) is 18.1. The van der Waals surface area contributed by atoms with Crippen molar-refractivity contribution in [3.05, 3.63) is 58.7 Å². The summed E-state index contributed by atoms with van der Waals surface area (Å²) >= 11 is 0. The quantitative estimate of drug-likeness (QED) is 0.186. The Morgan fingerprint density at radius 3 is 1.31 bits per heavy atom. The summed E-state index contributed by atoms with van der Waals surface area (Å²) in [5.41, 5.74) is 9.00. The standard InChI is InChI=1S/C34H52N2/c1-6-11-16-28-21-29(17-12-7-2)24-33(23-28)35-27-32(20-15-10-5)36-34-25-30(18-13-8-3)22-31(26-34)19-14-9-4/h21-27H,6-20H2,1-5H3. The number of aliphatic imine (C=N–C) groups is 2. The van der Waals surface area contributed by atoms with E-state index in [0.29, 0.717) is 0 Å². The van der Waals surface area contributed by atoms with Crippen LogP contribution in [0.2, 0.25) is 0 Å². The van der Waals surface area contributed by atoms with Crippen molar-refractivity contribution in [2.24, 2.45) is 9.98 Å². The van der Waals surface area contributed by atoms with E-state index < -0.39 is 0 Å². The predicted molar refractivity (Wildman–Crippen MR) is 162 cm³/mol. The van der Waals surface area contributed by atoms with Gasteiger partial charge in [0.05, 0.1) is 17.1 Å². The Morgan fingerprint density at radius 1 is 0.528 bits per heavy atom. The zero-order valence-electron chi connectivity index (χ0n) is 24.0. The Kier molecular flexibility index (Phi) is 15.1. The number of rotatable bonds is 18. The Hall–Kier alpha value is -2.22. The first kappa shape index (κ1) is 30.0. The minimum atomic E-state index is 0.974. The molecule has 0 spiro atoms. The van der Waals surface area contributed by atoms with E-state index in [2.05, 4.69) is 71.0 Å². The molecule has 0 aliphatic heterocycles. The lowest BCUT2D eigenvalue weighted by Gasteiger charge is -2.09. The molecule has 2 heteroatoms. The van der Waals surface area contributed by atoms with Crippen molar-refractivity contribution in [1.29, 1.82) is 0 Å². The minimum Gasteiger partial charge on any atom is -0.255 e. The van der Waals surface area contributed by atoms with E-state index in [1.54, 1.807) is 0 Å². The van der Waals surface area contributed by atoms with E-state index in [4.69, 9.17) is 9.98 Å². The van der Waals surface area contributed by atoms with Crippen molar-refractivity contribution >= 4 is 23.3 Å². The van der Waals surface area contributed by atoms with Crippen LogP contribution in [0.3, 0.4) is 0 Å². The summed E-state index contributed by atoms with van der Waals surface area (Å²) in [6, 6.07) is 14.0. The van der Waals surface area contributed by atoms with E-state index in [9.17, 15) is 0 Å². The lowest BCUT2D eigenvalue weighted by atomic mass is 10.0. The lowest BCUT2D eigenvalue weighted by molar-refractivity contribution is 0.780. The molecule has 2 aromatic rings. The molecule has 0 atom stereocenters. The number of unbranched alkanes of at least 4 members (excludes halogenated alkanes) is 5. The van der Waals surface area contributed by atoms with Crippen molar-refractivity contribution in [3.8, 4) is 0 Å². The first-order valence-corrected chi connectivity index (χ1v) is 15.0. The SMILES string of the molecule is CCCCC(C=Nc1cc(CCCC)cc(CCCC)c1)=Nc1cc(CCCC)cc(CCCC)c1. The topological polar surface area (TPSA) is 24.7 Å². The molecule has 2 aromatic carbocycles. The summed E-state index contributed by atoms with van der Waals surface area (Å²) in [7, 11) is 0. The molecule has 0 N–H and O–H groups in total. The zero-order chi connectivity index (χ0) is 26.0. The molecule has 36 heavy (non-hydrogen) atoms. The molecule has 0 aliphatic carbocycles. The fraction of sp³-hybridized carbons (Fsp3) is 0.588. The summed E-state index contributed by atoms with van der Waals surface area (Å²) in [6.45, 7) is 11.3. The van der Waals surface area contributed by atoms with Gasteiger partial charge in [-0.15, -0.1) is 0 Å². The van der Waals surface area contributed by atoms with Crippen LogP contribution in [0, 0.1) is 0 Å². The van der Waals surface area contributed by atoms with Gasteiger partial charge in [-0.05, 0) is 111 Å². The third-order valence-corrected chi connectivity index (χ3v) is 6.77. The van der Waals surface area contributed by atoms with Crippen molar-refractivity contribution in [2.75, 3.05) is 0 Å². The normalized spacial score (nSPS) is 12.1. The van der Waals surface area contributed by atoms with E-state index >= 15 is 0 Å². The van der Waals surface area contributed by atoms with Gasteiger partial charge in [-0.25, -0.2) is 0 Å². The molecule has 0 saturated heterocycles. The highest BCUT2D eigenvalue weighted by Gasteiger charge is 2.05. The monoisotopic (exact) mass is 488 g/mol. The maximum absolute atomic E-state index is 5.16. The smallest absolute Gasteiger partial charge is 0.0639 e. The van der Waals surface area contributed by atoms with Gasteiger partial charge in [0.25, 0.3) is 0 Å². The van der Waals surface area contributed by atoms with Crippen LogP contribution in [0.1, 0.15) is 128 Å². The van der Waals surface area contributed by atoms with Gasteiger partial charge in [0, 0.05) is 6.21 Å². The van der Waals surface area contributed by atoms with Crippen LogP contribution in [-0.2, 0) is 25.7 Å². The second-order valence-electron chi connectivity index (χ2n) is 10.4. The molecular formula is C34H52N2. The van der Waals surface area contributed by atoms with Crippen molar-refractivity contribution in [3.63, 3.8) is 0 Å². The van der Waals surface area contributed by atoms with Crippen LogP contribution >= 0.6 is 0 Å². The van der Waals surface area contributed by atoms with Gasteiger partial charge in [-0.3, -0.25) is 9.98 Å². The maximum atomic E-state index is 5.16. The predicted octanol–water partition coefficient (Wildman–Crippen LogP) is 10.7. The summed E-state index contributed by atoms with van der Waals surface area (Å²) in [6.07, 6.45) is 19.7. The Balaban J connectivity index is 2.37. The highest BCUT2D eigenvalue weighted by atomic mass is 14.8. The number of hydrogen-bond donors (Lipinski definition) is 0. The van der Waals surface area contributed by atoms with Crippen LogP contribution in [0.25, 0.3) is 0 Å². The first-order chi connectivity index (χ1) is 17.6. The van der Waals surface area contributed by atoms with E-state index in [1.165, 1.54) is 80.0 Å². The van der Waals surface area contributed by atoms with Crippen LogP contribution in [0.15, 0.2) is 46.4 Å². The van der Waals surface area contributed by atoms with Gasteiger partial charge in [0.15, 0.2) is 0 Å². The number of hydrogen-bond acceptors (Lipinski definition) is 2. The summed E-state index contributed by atoms with van der Waals surface area (Å²) in [4.78, 5) is 10.1. The molecule has 0 fully saturated rings. The van der Waals surface area contributed by atoms with Crippen molar-refractivity contribution in [2.45, 2.75) is 131 Å². The fourth-order valence-electron chi connectivity index (χ4n) is 4.55. The Bertz CT molecular complexity index is 886. The number of nitrogens with zero attached hydrogens (tertiary/aromatic N) is 2. The second-order valence-corrected chi connectivity index (χ2v) is 10.4. The zero-order valence-corrected chi connectivity index (χ0v) is 24.0. The molecule has 0 bridgehead atoms. The average molecular weight is 489 g/mol. The Morgan fingerprint density at radius 2 is 0.917 bits per heavy atom. The molecule has 0 aromatic heterocycles. The lowest BCUT2D eigenvalue weighted by Crippen LogP contribution is -2.00. The maximum Gasteiger partial charge on any atom is 0.0639 e. The molecule has 0 radical (unpaired) electrons. The van der Waals surface area contributed by atoms with Gasteiger partial charge in [-0.1, -0.05) is 78.9 Å². The first-order valence-electron chi connectivity index (χ1n) is 15.0. The summed E-state index contributed by atoms with van der Waals surface area (Å²) < 4.78 is 0. The van der Waals surface area contributed by atoms with Crippen molar-refractivity contribution in [1.82, 2.24) is 0 Å². The van der Waals surface area contributed by atoms with Crippen LogP contribution in [0.4, 0.5) is 11.4 Å². The van der Waals surface area contributed by atoms with Gasteiger partial charge >= 0.3 is 0 Å². The molecule has 2 rings (SSSR count). The average Bonchev–Trinajstić information content (AvgIpc) is 2.89. The van der Waals surface area contributed by atoms with Gasteiger partial charge < -0.3 is 0 Å². The third kappa shape index (κ3) is 11.7. The summed E-state index contributed by atoms with van der Waals surface area (Å²) in [5, 5.41) is 0. The van der Waals surface area contributed by atoms with Gasteiger partial charge in [-0.2, -0.15) is 0 Å². The van der Waals surface area contributed by atoms with Gasteiger partial charge in [0.2, 0.25) is 0 Å². The molecule has 198 valence electrons. The fourth-order valence-corrected chi connectivity index (χ4v) is 4.55. The molecule has 0 heterocycles. The summed E-state index contributed by atoms with van der Waals surface area (Å²) in [5.74, 6) is 0.